The van der Waals surface area contributed by atoms with E-state index in [0.717, 1.165) is 16.8 Å². The van der Waals surface area contributed by atoms with Crippen LogP contribution in [0.4, 0.5) is 28.8 Å². The molecule has 2 amide bonds. The molecule has 10 heteroatoms. The second kappa shape index (κ2) is 11.3. The summed E-state index contributed by atoms with van der Waals surface area (Å²) in [6.07, 6.45) is 1.48. The third-order valence-electron chi connectivity index (χ3n) is 6.05. The van der Waals surface area contributed by atoms with Gasteiger partial charge < -0.3 is 21.3 Å². The zero-order chi connectivity index (χ0) is 26.5. The third-order valence-corrected chi connectivity index (χ3v) is 6.32. The molecule has 9 nitrogen and oxygen atoms in total. The number of nitrogens with zero attached hydrogens (tertiary/aromatic N) is 3. The van der Waals surface area contributed by atoms with Crippen molar-refractivity contribution in [1.82, 2.24) is 20.2 Å². The zero-order valence-electron chi connectivity index (χ0n) is 20.7. The zero-order valence-corrected chi connectivity index (χ0v) is 21.4. The van der Waals surface area contributed by atoms with Crippen molar-refractivity contribution in [3.05, 3.63) is 101 Å². The molecule has 0 radical (unpaired) electrons. The fourth-order valence-electron chi connectivity index (χ4n) is 4.25. The number of anilines is 5. The number of benzene rings is 3. The van der Waals surface area contributed by atoms with Gasteiger partial charge in [-0.1, -0.05) is 60.1 Å². The van der Waals surface area contributed by atoms with Gasteiger partial charge in [-0.3, -0.25) is 14.5 Å². The maximum Gasteiger partial charge on any atom is 0.253 e. The normalized spacial score (nSPS) is 13.2. The lowest BCUT2D eigenvalue weighted by atomic mass is 10.1. The van der Waals surface area contributed by atoms with Crippen molar-refractivity contribution in [2.75, 3.05) is 29.5 Å². The quantitative estimate of drug-likeness (QED) is 0.269. The summed E-state index contributed by atoms with van der Waals surface area (Å²) < 4.78 is 0. The average Bonchev–Trinajstić information content (AvgIpc) is 3.07. The second-order valence-electron chi connectivity index (χ2n) is 8.82. The monoisotopic (exact) mass is 527 g/mol. The van der Waals surface area contributed by atoms with Gasteiger partial charge in [0.05, 0.1) is 24.0 Å². The molecule has 0 unspecified atom stereocenters. The molecule has 0 spiro atoms. The van der Waals surface area contributed by atoms with E-state index in [4.69, 9.17) is 11.6 Å². The fourth-order valence-corrected chi connectivity index (χ4v) is 4.39. The lowest BCUT2D eigenvalue weighted by Gasteiger charge is -2.19. The SMILES string of the molecule is CNC(=O)c1ccccc1Nc1nc(Nc2ccc3c(c2)NC(=O)CN(Cc2ccccc2)C3)ncc1Cl. The molecule has 1 aromatic heterocycles. The van der Waals surface area contributed by atoms with Gasteiger partial charge in [-0.15, -0.1) is 0 Å². The molecule has 1 aliphatic rings. The summed E-state index contributed by atoms with van der Waals surface area (Å²) in [4.78, 5) is 35.7. The van der Waals surface area contributed by atoms with Gasteiger partial charge in [0.1, 0.15) is 5.02 Å². The first-order valence-corrected chi connectivity index (χ1v) is 12.4. The largest absolute Gasteiger partial charge is 0.355 e. The van der Waals surface area contributed by atoms with Crippen LogP contribution in [0.3, 0.4) is 0 Å². The number of hydrogen-bond acceptors (Lipinski definition) is 7. The third kappa shape index (κ3) is 5.91. The lowest BCUT2D eigenvalue weighted by Crippen LogP contribution is -2.29. The van der Waals surface area contributed by atoms with E-state index in [-0.39, 0.29) is 11.8 Å². The highest BCUT2D eigenvalue weighted by molar-refractivity contribution is 6.33. The van der Waals surface area contributed by atoms with Gasteiger partial charge in [0.15, 0.2) is 5.82 Å². The van der Waals surface area contributed by atoms with Crippen LogP contribution in [0.1, 0.15) is 21.5 Å². The molecule has 0 aliphatic carbocycles. The van der Waals surface area contributed by atoms with Crippen LogP contribution in [0.25, 0.3) is 0 Å². The standard InChI is InChI=1S/C28H26ClN7O2/c1-30-27(38)21-9-5-6-10-23(21)34-26-22(29)14-31-28(35-26)32-20-12-11-19-16-36(15-18-7-3-2-4-8-18)17-25(37)33-24(19)13-20/h2-14H,15-17H2,1H3,(H,30,38)(H,33,37)(H2,31,32,34,35). The van der Waals surface area contributed by atoms with Crippen molar-refractivity contribution < 1.29 is 9.59 Å². The molecular weight excluding hydrogens is 502 g/mol. The molecule has 1 aliphatic heterocycles. The summed E-state index contributed by atoms with van der Waals surface area (Å²) in [5, 5.41) is 12.2. The Morgan fingerprint density at radius 1 is 1.03 bits per heavy atom. The average molecular weight is 528 g/mol. The Labute approximate surface area is 225 Å². The molecule has 5 rings (SSSR count). The summed E-state index contributed by atoms with van der Waals surface area (Å²) >= 11 is 6.35. The minimum absolute atomic E-state index is 0.0687. The Balaban J connectivity index is 1.34. The minimum Gasteiger partial charge on any atom is -0.355 e. The van der Waals surface area contributed by atoms with Crippen molar-refractivity contribution in [3.63, 3.8) is 0 Å². The van der Waals surface area contributed by atoms with Crippen molar-refractivity contribution in [1.29, 1.82) is 0 Å². The van der Waals surface area contributed by atoms with Crippen LogP contribution < -0.4 is 21.3 Å². The van der Waals surface area contributed by atoms with E-state index in [1.807, 2.05) is 42.5 Å². The van der Waals surface area contributed by atoms with Crippen LogP contribution in [0.2, 0.25) is 5.02 Å². The summed E-state index contributed by atoms with van der Waals surface area (Å²) in [5.74, 6) is 0.354. The van der Waals surface area contributed by atoms with Gasteiger partial charge in [-0.05, 0) is 35.4 Å². The molecular formula is C28H26ClN7O2. The van der Waals surface area contributed by atoms with Crippen molar-refractivity contribution in [3.8, 4) is 0 Å². The number of nitrogens with one attached hydrogen (secondary N) is 4. The molecule has 2 heterocycles. The number of para-hydroxylation sites is 1. The number of carbonyl (C=O) groups excluding carboxylic acids is 2. The Morgan fingerprint density at radius 3 is 2.63 bits per heavy atom. The van der Waals surface area contributed by atoms with Gasteiger partial charge in [0, 0.05) is 31.5 Å². The summed E-state index contributed by atoms with van der Waals surface area (Å²) in [5.41, 5.74) is 4.64. The van der Waals surface area contributed by atoms with E-state index in [9.17, 15) is 9.59 Å². The molecule has 0 atom stereocenters. The number of fused-ring (bicyclic) bond motifs is 1. The van der Waals surface area contributed by atoms with Gasteiger partial charge in [-0.2, -0.15) is 4.98 Å². The maximum atomic E-state index is 12.6. The molecule has 0 bridgehead atoms. The highest BCUT2D eigenvalue weighted by Crippen LogP contribution is 2.29. The van der Waals surface area contributed by atoms with Crippen molar-refractivity contribution in [2.24, 2.45) is 0 Å². The first-order chi connectivity index (χ1) is 18.5. The Kier molecular flexibility index (Phi) is 7.48. The Hall–Kier alpha value is -4.47. The fraction of sp³-hybridized carbons (Fsp3) is 0.143. The minimum atomic E-state index is -0.231. The second-order valence-corrected chi connectivity index (χ2v) is 9.22. The van der Waals surface area contributed by atoms with Crippen LogP contribution in [0.15, 0.2) is 79.0 Å². The van der Waals surface area contributed by atoms with E-state index in [1.165, 1.54) is 6.20 Å². The first kappa shape index (κ1) is 25.2. The summed E-state index contributed by atoms with van der Waals surface area (Å²) in [7, 11) is 1.57. The number of rotatable bonds is 7. The summed E-state index contributed by atoms with van der Waals surface area (Å²) in [6.45, 7) is 1.63. The molecule has 0 fully saturated rings. The van der Waals surface area contributed by atoms with Gasteiger partial charge in [0.25, 0.3) is 5.91 Å². The van der Waals surface area contributed by atoms with Crippen molar-refractivity contribution in [2.45, 2.75) is 13.1 Å². The van der Waals surface area contributed by atoms with Crippen molar-refractivity contribution >= 4 is 52.2 Å². The molecule has 192 valence electrons. The molecule has 4 N–H and O–H groups in total. The first-order valence-electron chi connectivity index (χ1n) is 12.1. The van der Waals surface area contributed by atoms with Gasteiger partial charge in [-0.25, -0.2) is 4.98 Å². The smallest absolute Gasteiger partial charge is 0.253 e. The predicted molar refractivity (Wildman–Crippen MR) is 149 cm³/mol. The molecule has 0 saturated carbocycles. The van der Waals surface area contributed by atoms with E-state index in [2.05, 4.69) is 48.3 Å². The van der Waals surface area contributed by atoms with Crippen LogP contribution in [-0.2, 0) is 17.9 Å². The highest BCUT2D eigenvalue weighted by Gasteiger charge is 2.20. The number of hydrogen-bond donors (Lipinski definition) is 4. The Bertz CT molecular complexity index is 1480. The Morgan fingerprint density at radius 2 is 1.82 bits per heavy atom. The van der Waals surface area contributed by atoms with E-state index < -0.39 is 0 Å². The summed E-state index contributed by atoms with van der Waals surface area (Å²) in [6, 6.07) is 22.9. The molecule has 4 aromatic rings. The van der Waals surface area contributed by atoms with E-state index >= 15 is 0 Å². The number of carbonyl (C=O) groups is 2. The highest BCUT2D eigenvalue weighted by atomic mass is 35.5. The molecule has 3 aromatic carbocycles. The lowest BCUT2D eigenvalue weighted by molar-refractivity contribution is -0.117. The van der Waals surface area contributed by atoms with Crippen LogP contribution in [-0.4, -0.2) is 40.3 Å². The number of halogens is 1. The van der Waals surface area contributed by atoms with E-state index in [0.29, 0.717) is 53.4 Å². The van der Waals surface area contributed by atoms with Crippen LogP contribution >= 0.6 is 11.6 Å². The molecule has 38 heavy (non-hydrogen) atoms. The topological polar surface area (TPSA) is 111 Å². The number of amides is 2. The van der Waals surface area contributed by atoms with E-state index in [1.54, 1.807) is 25.2 Å². The van der Waals surface area contributed by atoms with Crippen LogP contribution in [0, 0.1) is 0 Å². The molecule has 0 saturated heterocycles. The van der Waals surface area contributed by atoms with Gasteiger partial charge >= 0.3 is 0 Å². The van der Waals surface area contributed by atoms with Gasteiger partial charge in [0.2, 0.25) is 11.9 Å². The van der Waals surface area contributed by atoms with Crippen LogP contribution in [0.5, 0.6) is 0 Å². The predicted octanol–water partition coefficient (Wildman–Crippen LogP) is 4.93. The maximum absolute atomic E-state index is 12.6. The number of aromatic nitrogens is 2.